The first kappa shape index (κ1) is 25.8. The Hall–Kier alpha value is -2.30. The second-order valence-corrected chi connectivity index (χ2v) is 11.0. The second-order valence-electron chi connectivity index (χ2n) is 8.99. The number of anilines is 1. The molecule has 2 unspecified atom stereocenters. The molecular weight excluding hydrogens is 528 g/mol. The van der Waals surface area contributed by atoms with Gasteiger partial charge in [-0.2, -0.15) is 0 Å². The average molecular weight is 562 g/mol. The van der Waals surface area contributed by atoms with E-state index in [1.54, 1.807) is 10.8 Å². The summed E-state index contributed by atoms with van der Waals surface area (Å²) in [6.45, 7) is 5.71. The number of nitrogens with one attached hydrogen (secondary N) is 2. The van der Waals surface area contributed by atoms with E-state index in [-0.39, 0.29) is 11.9 Å². The third-order valence-corrected chi connectivity index (χ3v) is 7.65. The quantitative estimate of drug-likeness (QED) is 0.370. The van der Waals surface area contributed by atoms with E-state index < -0.39 is 17.0 Å². The first-order valence-electron chi connectivity index (χ1n) is 12.1. The van der Waals surface area contributed by atoms with Crippen molar-refractivity contribution in [2.75, 3.05) is 24.7 Å². The van der Waals surface area contributed by atoms with Crippen LogP contribution in [-0.2, 0) is 15.8 Å². The lowest BCUT2D eigenvalue weighted by molar-refractivity contribution is -0.137. The lowest BCUT2D eigenvalue weighted by atomic mass is 9.97. The first-order chi connectivity index (χ1) is 16.9. The van der Waals surface area contributed by atoms with Gasteiger partial charge in [0.05, 0.1) is 28.9 Å². The number of fused-ring (bicyclic) bond motifs is 1. The van der Waals surface area contributed by atoms with Crippen LogP contribution in [0.25, 0.3) is 5.65 Å². The summed E-state index contributed by atoms with van der Waals surface area (Å²) >= 11 is 3.56. The van der Waals surface area contributed by atoms with Crippen LogP contribution in [0, 0.1) is 6.92 Å². The van der Waals surface area contributed by atoms with E-state index >= 15 is 0 Å². The van der Waals surface area contributed by atoms with Crippen LogP contribution in [0.5, 0.6) is 0 Å². The van der Waals surface area contributed by atoms with E-state index in [4.69, 9.17) is 10.1 Å². The van der Waals surface area contributed by atoms with E-state index in [9.17, 15) is 9.00 Å². The summed E-state index contributed by atoms with van der Waals surface area (Å²) < 4.78 is 17.7. The van der Waals surface area contributed by atoms with Crippen LogP contribution >= 0.6 is 15.9 Å². The fourth-order valence-corrected chi connectivity index (χ4v) is 5.61. The number of hydrogen-bond donors (Lipinski definition) is 2. The molecule has 0 radical (unpaired) electrons. The third-order valence-electron chi connectivity index (χ3n) is 6.36. The first-order valence-corrected chi connectivity index (χ1v) is 14.5. The van der Waals surface area contributed by atoms with Crippen LogP contribution in [0.1, 0.15) is 67.9 Å². The number of aromatic nitrogens is 3. The van der Waals surface area contributed by atoms with Crippen LogP contribution in [0.3, 0.4) is 0 Å². The molecule has 1 aromatic carbocycles. The number of benzene rings is 1. The number of aryl methyl sites for hydroxylation is 1. The van der Waals surface area contributed by atoms with E-state index in [0.29, 0.717) is 6.54 Å². The monoisotopic (exact) mass is 560 g/mol. The van der Waals surface area contributed by atoms with Gasteiger partial charge in [-0.1, -0.05) is 47.5 Å². The number of likely N-dealkylation sites (tertiary alicyclic amines) is 1. The van der Waals surface area contributed by atoms with E-state index in [1.807, 2.05) is 48.4 Å². The Morgan fingerprint density at radius 3 is 2.86 bits per heavy atom. The van der Waals surface area contributed by atoms with E-state index in [2.05, 4.69) is 32.9 Å². The van der Waals surface area contributed by atoms with Crippen molar-refractivity contribution in [2.24, 2.45) is 0 Å². The van der Waals surface area contributed by atoms with Crippen molar-refractivity contribution in [3.8, 4) is 0 Å². The summed E-state index contributed by atoms with van der Waals surface area (Å²) in [5.74, 6) is 0.759. The minimum atomic E-state index is -1.36. The number of unbranched alkanes of at least 4 members (excludes halogenated alkanes) is 1. The molecule has 0 aliphatic carbocycles. The maximum absolute atomic E-state index is 13.9. The highest BCUT2D eigenvalue weighted by molar-refractivity contribution is 9.10. The van der Waals surface area contributed by atoms with Crippen molar-refractivity contribution in [2.45, 2.75) is 58.0 Å². The molecule has 8 nitrogen and oxygen atoms in total. The SMILES string of the molecule is CCCCNc1nn2cc([C@@H]3CCCCN3C(=O)C(NS(C)=O)c3ccccc3Br)nc2cc1C. The lowest BCUT2D eigenvalue weighted by Gasteiger charge is -2.37. The molecule has 0 spiro atoms. The molecule has 3 aromatic rings. The molecule has 0 saturated carbocycles. The van der Waals surface area contributed by atoms with Gasteiger partial charge < -0.3 is 10.2 Å². The standard InChI is InChI=1S/C25H33BrN6O2S/c1-4-5-13-27-24-17(2)15-22-28-20(16-32(22)29-24)21-12-8-9-14-31(21)25(33)23(30-35(3)34)18-10-6-7-11-19(18)26/h6-7,10-11,15-16,21,23,30H,4-5,8-9,12-14H2,1-3H3,(H,27,29)/t21-,23?,35?/m0/s1. The molecule has 35 heavy (non-hydrogen) atoms. The van der Waals surface area contributed by atoms with Crippen molar-refractivity contribution in [3.05, 3.63) is 57.8 Å². The molecule has 1 amide bonds. The Morgan fingerprint density at radius 1 is 1.31 bits per heavy atom. The number of imidazole rings is 1. The zero-order chi connectivity index (χ0) is 24.9. The Morgan fingerprint density at radius 2 is 2.11 bits per heavy atom. The minimum absolute atomic E-state index is 0.0973. The normalized spacial score (nSPS) is 17.9. The molecule has 3 atom stereocenters. The number of halogens is 1. The van der Waals surface area contributed by atoms with Crippen molar-refractivity contribution in [1.29, 1.82) is 0 Å². The maximum atomic E-state index is 13.9. The van der Waals surface area contributed by atoms with Gasteiger partial charge in [0.1, 0.15) is 11.9 Å². The van der Waals surface area contributed by atoms with Gasteiger partial charge in [-0.25, -0.2) is 18.4 Å². The number of amides is 1. The zero-order valence-electron chi connectivity index (χ0n) is 20.5. The van der Waals surface area contributed by atoms with Crippen LogP contribution in [0.4, 0.5) is 5.82 Å². The van der Waals surface area contributed by atoms with Gasteiger partial charge >= 0.3 is 0 Å². The molecule has 4 rings (SSSR count). The molecule has 2 N–H and O–H groups in total. The van der Waals surface area contributed by atoms with E-state index in [1.165, 1.54) is 0 Å². The molecule has 1 saturated heterocycles. The highest BCUT2D eigenvalue weighted by Crippen LogP contribution is 2.34. The summed E-state index contributed by atoms with van der Waals surface area (Å²) in [7, 11) is -1.36. The van der Waals surface area contributed by atoms with Crippen LogP contribution < -0.4 is 10.0 Å². The van der Waals surface area contributed by atoms with Gasteiger partial charge in [-0.3, -0.25) is 4.79 Å². The predicted octanol–water partition coefficient (Wildman–Crippen LogP) is 4.69. The Labute approximate surface area is 217 Å². The summed E-state index contributed by atoms with van der Waals surface area (Å²) in [5.41, 5.74) is 3.42. The largest absolute Gasteiger partial charge is 0.368 e. The van der Waals surface area contributed by atoms with Crippen molar-refractivity contribution in [3.63, 3.8) is 0 Å². The fourth-order valence-electron chi connectivity index (χ4n) is 4.54. The van der Waals surface area contributed by atoms with E-state index in [0.717, 1.165) is 71.4 Å². The molecule has 188 valence electrons. The van der Waals surface area contributed by atoms with Crippen molar-refractivity contribution >= 4 is 44.3 Å². The number of nitrogens with zero attached hydrogens (tertiary/aromatic N) is 4. The van der Waals surface area contributed by atoms with Crippen molar-refractivity contribution in [1.82, 2.24) is 24.2 Å². The third kappa shape index (κ3) is 5.92. The van der Waals surface area contributed by atoms with Gasteiger partial charge in [-0.05, 0) is 55.9 Å². The summed E-state index contributed by atoms with van der Waals surface area (Å²) in [6.07, 6.45) is 8.47. The topological polar surface area (TPSA) is 91.6 Å². The molecule has 1 fully saturated rings. The van der Waals surface area contributed by atoms with Crippen LogP contribution in [0.2, 0.25) is 0 Å². The second kappa shape index (κ2) is 11.6. The lowest BCUT2D eigenvalue weighted by Crippen LogP contribution is -2.45. The number of piperidine rings is 1. The van der Waals surface area contributed by atoms with Gasteiger partial charge in [0.2, 0.25) is 5.91 Å². The van der Waals surface area contributed by atoms with Crippen LogP contribution in [0.15, 0.2) is 41.0 Å². The minimum Gasteiger partial charge on any atom is -0.368 e. The number of carbonyl (C=O) groups excluding carboxylic acids is 1. The molecule has 10 heteroatoms. The maximum Gasteiger partial charge on any atom is 0.245 e. The molecule has 0 bridgehead atoms. The van der Waals surface area contributed by atoms with Crippen LogP contribution in [-0.4, -0.2) is 49.0 Å². The fraction of sp³-hybridized carbons (Fsp3) is 0.480. The molecule has 1 aliphatic heterocycles. The number of carbonyl (C=O) groups is 1. The average Bonchev–Trinajstić information content (AvgIpc) is 3.25. The molecular formula is C25H33BrN6O2S. The summed E-state index contributed by atoms with van der Waals surface area (Å²) in [6, 6.07) is 8.72. The highest BCUT2D eigenvalue weighted by atomic mass is 79.9. The van der Waals surface area contributed by atoms with Crippen molar-refractivity contribution < 1.29 is 9.00 Å². The number of hydrogen-bond acceptors (Lipinski definition) is 5. The number of rotatable bonds is 9. The van der Waals surface area contributed by atoms with Gasteiger partial charge in [0.15, 0.2) is 5.65 Å². The smallest absolute Gasteiger partial charge is 0.245 e. The predicted molar refractivity (Wildman–Crippen MR) is 144 cm³/mol. The van der Waals surface area contributed by atoms with Gasteiger partial charge in [0.25, 0.3) is 0 Å². The zero-order valence-corrected chi connectivity index (χ0v) is 22.9. The summed E-state index contributed by atoms with van der Waals surface area (Å²) in [5, 5.41) is 8.16. The Kier molecular flexibility index (Phi) is 8.56. The van der Waals surface area contributed by atoms with Gasteiger partial charge in [0, 0.05) is 23.8 Å². The summed E-state index contributed by atoms with van der Waals surface area (Å²) in [4.78, 5) is 20.6. The Bertz CT molecular complexity index is 1220. The highest BCUT2D eigenvalue weighted by Gasteiger charge is 2.35. The molecule has 2 aromatic heterocycles. The van der Waals surface area contributed by atoms with Gasteiger partial charge in [-0.15, -0.1) is 5.10 Å². The molecule has 3 heterocycles. The molecule has 1 aliphatic rings. The Balaban J connectivity index is 1.65.